The van der Waals surface area contributed by atoms with E-state index in [1.807, 2.05) is 12.1 Å². The lowest BCUT2D eigenvalue weighted by Gasteiger charge is -2.29. The van der Waals surface area contributed by atoms with Crippen molar-refractivity contribution in [2.75, 3.05) is 13.1 Å². The van der Waals surface area contributed by atoms with Crippen molar-refractivity contribution >= 4 is 19.5 Å². The molecule has 29 heavy (non-hydrogen) atoms. The molecule has 0 aliphatic heterocycles. The highest BCUT2D eigenvalue weighted by Gasteiger charge is 2.48. The molecule has 8 heteroatoms. The second-order valence-corrected chi connectivity index (χ2v) is 8.18. The Morgan fingerprint density at radius 3 is 2.45 bits per heavy atom. The maximum atomic E-state index is 13.1. The molecule has 1 atom stereocenters. The average molecular weight is 400 g/mol. The Labute approximate surface area is 173 Å². The molecule has 0 spiro atoms. The van der Waals surface area contributed by atoms with E-state index in [9.17, 15) is 9.59 Å². The molecule has 5 N–H and O–H groups in total. The molecule has 0 unspecified atom stereocenters. The molecule has 0 bridgehead atoms. The molecule has 0 saturated heterocycles. The van der Waals surface area contributed by atoms with E-state index in [1.165, 1.54) is 11.1 Å². The van der Waals surface area contributed by atoms with Crippen LogP contribution in [0.3, 0.4) is 0 Å². The van der Waals surface area contributed by atoms with E-state index >= 15 is 0 Å². The van der Waals surface area contributed by atoms with Crippen LogP contribution in [0, 0.1) is 11.3 Å². The fourth-order valence-electron chi connectivity index (χ4n) is 4.57. The molecule has 1 fully saturated rings. The van der Waals surface area contributed by atoms with Crippen molar-refractivity contribution < 1.29 is 19.3 Å². The van der Waals surface area contributed by atoms with Gasteiger partial charge >= 0.3 is 7.69 Å². The number of hydrogen-bond acceptors (Lipinski definition) is 5. The highest BCUT2D eigenvalue weighted by molar-refractivity contribution is 6.16. The van der Waals surface area contributed by atoms with Crippen LogP contribution in [0.1, 0.15) is 49.7 Å². The van der Waals surface area contributed by atoms with Crippen molar-refractivity contribution in [3.8, 4) is 0 Å². The number of carbonyl (C=O) groups is 2. The van der Waals surface area contributed by atoms with Crippen LogP contribution in [0.15, 0.2) is 24.3 Å². The zero-order valence-electron chi connectivity index (χ0n) is 16.9. The fraction of sp³-hybridized carbons (Fsp3) is 0.619. The van der Waals surface area contributed by atoms with Gasteiger partial charge in [-0.25, -0.2) is 0 Å². The van der Waals surface area contributed by atoms with Crippen LogP contribution in [0.4, 0.5) is 0 Å². The lowest BCUT2D eigenvalue weighted by Crippen LogP contribution is -2.53. The molecule has 0 aromatic heterocycles. The van der Waals surface area contributed by atoms with Gasteiger partial charge in [0.05, 0.1) is 0 Å². The van der Waals surface area contributed by atoms with Crippen LogP contribution >= 0.6 is 0 Å². The van der Waals surface area contributed by atoms with E-state index in [-0.39, 0.29) is 11.8 Å². The van der Waals surface area contributed by atoms with Gasteiger partial charge in [-0.15, -0.1) is 0 Å². The SMILES string of the molecule is NCCC[C@H](NC(=O)C1(C(=O)NCC2Cc3ccccc3C2)CCCC1)O[B]O. The van der Waals surface area contributed by atoms with Gasteiger partial charge in [-0.2, -0.15) is 0 Å². The predicted octanol–water partition coefficient (Wildman–Crippen LogP) is 0.802. The topological polar surface area (TPSA) is 114 Å². The number of nitrogens with one attached hydrogen (secondary N) is 2. The number of carbonyl (C=O) groups excluding carboxylic acids is 2. The largest absolute Gasteiger partial charge is 0.486 e. The summed E-state index contributed by atoms with van der Waals surface area (Å²) in [4.78, 5) is 26.2. The highest BCUT2D eigenvalue weighted by atomic mass is 16.5. The van der Waals surface area contributed by atoms with E-state index in [0.717, 1.165) is 25.7 Å². The summed E-state index contributed by atoms with van der Waals surface area (Å²) < 4.78 is 5.09. The summed E-state index contributed by atoms with van der Waals surface area (Å²) in [5.41, 5.74) is 7.16. The zero-order chi connectivity index (χ0) is 20.7. The molecule has 2 aliphatic rings. The molecule has 3 rings (SSSR count). The monoisotopic (exact) mass is 400 g/mol. The molecule has 2 amide bonds. The number of amides is 2. The maximum Gasteiger partial charge on any atom is 0.486 e. The standard InChI is InChI=1S/C21H31BN3O4/c23-11-5-8-18(29-22-28)25-20(27)21(9-3-4-10-21)19(26)24-14-15-12-16-6-1-2-7-17(16)13-15/h1-2,6-7,15,18,28H,3-5,8-14,23H2,(H,24,26)(H,25,27)/t18-/m1/s1. The quantitative estimate of drug-likeness (QED) is 0.264. The zero-order valence-corrected chi connectivity index (χ0v) is 16.9. The van der Waals surface area contributed by atoms with E-state index in [4.69, 9.17) is 15.4 Å². The molecular formula is C21H31BN3O4. The summed E-state index contributed by atoms with van der Waals surface area (Å²) in [6.45, 7) is 1.02. The number of nitrogens with two attached hydrogens (primary N) is 1. The molecule has 0 heterocycles. The summed E-state index contributed by atoms with van der Waals surface area (Å²) in [5, 5.41) is 14.8. The van der Waals surface area contributed by atoms with Crippen LogP contribution in [-0.2, 0) is 27.1 Å². The van der Waals surface area contributed by atoms with Crippen LogP contribution in [0.5, 0.6) is 0 Å². The summed E-state index contributed by atoms with van der Waals surface area (Å²) in [7, 11) is 0.570. The van der Waals surface area contributed by atoms with Crippen molar-refractivity contribution in [1.82, 2.24) is 10.6 Å². The normalized spacial score (nSPS) is 18.8. The second-order valence-electron chi connectivity index (χ2n) is 8.18. The highest BCUT2D eigenvalue weighted by Crippen LogP contribution is 2.39. The second kappa shape index (κ2) is 10.2. The van der Waals surface area contributed by atoms with Crippen LogP contribution in [0.2, 0.25) is 0 Å². The lowest BCUT2D eigenvalue weighted by molar-refractivity contribution is -0.145. The molecule has 1 saturated carbocycles. The molecule has 1 radical (unpaired) electrons. The average Bonchev–Trinajstić information content (AvgIpc) is 3.38. The number of fused-ring (bicyclic) bond motifs is 1. The minimum atomic E-state index is -1.06. The Bertz CT molecular complexity index is 684. The van der Waals surface area contributed by atoms with Crippen molar-refractivity contribution in [2.24, 2.45) is 17.1 Å². The van der Waals surface area contributed by atoms with Crippen molar-refractivity contribution in [2.45, 2.75) is 57.6 Å². The Morgan fingerprint density at radius 1 is 1.21 bits per heavy atom. The van der Waals surface area contributed by atoms with Gasteiger partial charge in [0.15, 0.2) is 0 Å². The molecule has 2 aliphatic carbocycles. The van der Waals surface area contributed by atoms with Crippen LogP contribution in [0.25, 0.3) is 0 Å². The maximum absolute atomic E-state index is 13.1. The van der Waals surface area contributed by atoms with E-state index in [2.05, 4.69) is 22.8 Å². The Morgan fingerprint density at radius 2 is 1.86 bits per heavy atom. The van der Waals surface area contributed by atoms with Gasteiger partial charge in [0.2, 0.25) is 11.8 Å². The Hall–Kier alpha value is -1.90. The first-order valence-electron chi connectivity index (χ1n) is 10.6. The van der Waals surface area contributed by atoms with E-state index < -0.39 is 11.6 Å². The first kappa shape index (κ1) is 21.8. The summed E-state index contributed by atoms with van der Waals surface area (Å²) >= 11 is 0. The van der Waals surface area contributed by atoms with Gasteiger partial charge in [0.1, 0.15) is 11.6 Å². The van der Waals surface area contributed by atoms with Gasteiger partial charge in [0, 0.05) is 6.54 Å². The van der Waals surface area contributed by atoms with E-state index in [1.54, 1.807) is 0 Å². The van der Waals surface area contributed by atoms with Gasteiger partial charge < -0.3 is 26.0 Å². The molecule has 157 valence electrons. The molecule has 1 aromatic carbocycles. The Balaban J connectivity index is 1.58. The third kappa shape index (κ3) is 5.18. The number of rotatable bonds is 10. The summed E-state index contributed by atoms with van der Waals surface area (Å²) in [6, 6.07) is 8.38. The third-order valence-corrected chi connectivity index (χ3v) is 6.20. The van der Waals surface area contributed by atoms with Crippen LogP contribution < -0.4 is 16.4 Å². The smallest absolute Gasteiger partial charge is 0.429 e. The minimum absolute atomic E-state index is 0.200. The fourth-order valence-corrected chi connectivity index (χ4v) is 4.57. The van der Waals surface area contributed by atoms with Crippen molar-refractivity contribution in [3.63, 3.8) is 0 Å². The third-order valence-electron chi connectivity index (χ3n) is 6.20. The predicted molar refractivity (Wildman–Crippen MR) is 111 cm³/mol. The van der Waals surface area contributed by atoms with Crippen molar-refractivity contribution in [3.05, 3.63) is 35.4 Å². The van der Waals surface area contributed by atoms with Gasteiger partial charge in [-0.3, -0.25) is 9.59 Å². The molecular weight excluding hydrogens is 369 g/mol. The number of benzene rings is 1. The van der Waals surface area contributed by atoms with Gasteiger partial charge in [-0.05, 0) is 62.1 Å². The summed E-state index contributed by atoms with van der Waals surface area (Å²) in [6.07, 6.45) is 5.08. The summed E-state index contributed by atoms with van der Waals surface area (Å²) in [5.74, 6) is -0.164. The first-order valence-corrected chi connectivity index (χ1v) is 10.6. The number of hydrogen-bond donors (Lipinski definition) is 4. The van der Waals surface area contributed by atoms with Crippen LogP contribution in [-0.4, -0.2) is 43.8 Å². The molecule has 1 aromatic rings. The lowest BCUT2D eigenvalue weighted by atomic mass is 9.83. The van der Waals surface area contributed by atoms with Crippen molar-refractivity contribution in [1.29, 1.82) is 0 Å². The van der Waals surface area contributed by atoms with E-state index in [0.29, 0.717) is 52.4 Å². The first-order chi connectivity index (χ1) is 14.1. The minimum Gasteiger partial charge on any atom is -0.429 e. The molecule has 7 nitrogen and oxygen atoms in total. The van der Waals surface area contributed by atoms with Gasteiger partial charge in [0.25, 0.3) is 0 Å². The van der Waals surface area contributed by atoms with Gasteiger partial charge in [-0.1, -0.05) is 37.1 Å². The Kier molecular flexibility index (Phi) is 7.69.